The molecule has 76 valence electrons. The van der Waals surface area contributed by atoms with E-state index in [0.29, 0.717) is 0 Å². The number of hydrogen-bond donors (Lipinski definition) is 1. The Labute approximate surface area is 85.7 Å². The van der Waals surface area contributed by atoms with Gasteiger partial charge < -0.3 is 5.32 Å². The molecule has 0 aromatic carbocycles. The monoisotopic (exact) mass is 190 g/mol. The Kier molecular flexibility index (Phi) is 2.82. The SMILES string of the molecule is Cc1cc(CNC2CCC2)cnc1C. The molecule has 0 aliphatic heterocycles. The van der Waals surface area contributed by atoms with Crippen molar-refractivity contribution >= 4 is 0 Å². The second-order valence-electron chi connectivity index (χ2n) is 4.25. The lowest BCUT2D eigenvalue weighted by molar-refractivity contribution is 0.338. The van der Waals surface area contributed by atoms with Gasteiger partial charge in [0.2, 0.25) is 0 Å². The van der Waals surface area contributed by atoms with Crippen LogP contribution < -0.4 is 5.32 Å². The zero-order chi connectivity index (χ0) is 9.97. The van der Waals surface area contributed by atoms with E-state index in [1.54, 1.807) is 0 Å². The molecule has 14 heavy (non-hydrogen) atoms. The van der Waals surface area contributed by atoms with Crippen LogP contribution in [0.3, 0.4) is 0 Å². The maximum atomic E-state index is 4.36. The van der Waals surface area contributed by atoms with Crippen molar-refractivity contribution in [2.45, 2.75) is 45.7 Å². The maximum absolute atomic E-state index is 4.36. The standard InChI is InChI=1S/C12H18N2/c1-9-6-11(7-13-10(9)2)8-14-12-4-3-5-12/h6-7,12,14H,3-5,8H2,1-2H3. The molecular weight excluding hydrogens is 172 g/mol. The molecule has 0 amide bonds. The van der Waals surface area contributed by atoms with Crippen molar-refractivity contribution in [1.82, 2.24) is 10.3 Å². The molecule has 2 heteroatoms. The largest absolute Gasteiger partial charge is 0.310 e. The van der Waals surface area contributed by atoms with Crippen LogP contribution in [0.2, 0.25) is 0 Å². The molecule has 1 heterocycles. The van der Waals surface area contributed by atoms with Crippen LogP contribution in [0.4, 0.5) is 0 Å². The summed E-state index contributed by atoms with van der Waals surface area (Å²) in [7, 11) is 0. The second-order valence-corrected chi connectivity index (χ2v) is 4.25. The molecule has 0 atom stereocenters. The quantitative estimate of drug-likeness (QED) is 0.791. The first kappa shape index (κ1) is 9.66. The van der Waals surface area contributed by atoms with Gasteiger partial charge in [-0.1, -0.05) is 12.5 Å². The van der Waals surface area contributed by atoms with Crippen LogP contribution in [0.1, 0.15) is 36.1 Å². The van der Waals surface area contributed by atoms with E-state index in [1.165, 1.54) is 30.4 Å². The smallest absolute Gasteiger partial charge is 0.0402 e. The van der Waals surface area contributed by atoms with Crippen molar-refractivity contribution in [3.63, 3.8) is 0 Å². The number of nitrogens with zero attached hydrogens (tertiary/aromatic N) is 1. The Morgan fingerprint density at radius 2 is 2.21 bits per heavy atom. The molecule has 2 nitrogen and oxygen atoms in total. The van der Waals surface area contributed by atoms with E-state index in [-0.39, 0.29) is 0 Å². The van der Waals surface area contributed by atoms with Gasteiger partial charge in [-0.15, -0.1) is 0 Å². The average Bonchev–Trinajstić information content (AvgIpc) is 2.08. The van der Waals surface area contributed by atoms with Gasteiger partial charge in [-0.05, 0) is 37.8 Å². The van der Waals surface area contributed by atoms with E-state index in [2.05, 4.69) is 30.2 Å². The summed E-state index contributed by atoms with van der Waals surface area (Å²) in [5.41, 5.74) is 3.73. The summed E-state index contributed by atoms with van der Waals surface area (Å²) in [5.74, 6) is 0. The van der Waals surface area contributed by atoms with Crippen LogP contribution in [0, 0.1) is 13.8 Å². The van der Waals surface area contributed by atoms with Gasteiger partial charge >= 0.3 is 0 Å². The van der Waals surface area contributed by atoms with Crippen molar-refractivity contribution in [2.24, 2.45) is 0 Å². The summed E-state index contributed by atoms with van der Waals surface area (Å²) in [4.78, 5) is 4.36. The lowest BCUT2D eigenvalue weighted by Crippen LogP contribution is -2.34. The number of nitrogens with one attached hydrogen (secondary N) is 1. The summed E-state index contributed by atoms with van der Waals surface area (Å²) in [6.07, 6.45) is 6.06. The highest BCUT2D eigenvalue weighted by Crippen LogP contribution is 2.18. The average molecular weight is 190 g/mol. The first-order valence-electron chi connectivity index (χ1n) is 5.41. The number of aryl methyl sites for hydroxylation is 2. The van der Waals surface area contributed by atoms with Gasteiger partial charge in [0.15, 0.2) is 0 Å². The van der Waals surface area contributed by atoms with Gasteiger partial charge in [-0.2, -0.15) is 0 Å². The third-order valence-electron chi connectivity index (χ3n) is 3.10. The van der Waals surface area contributed by atoms with Crippen LogP contribution in [0.25, 0.3) is 0 Å². The molecule has 1 aliphatic carbocycles. The fourth-order valence-corrected chi connectivity index (χ4v) is 1.67. The summed E-state index contributed by atoms with van der Waals surface area (Å²) >= 11 is 0. The Bertz CT molecular complexity index is 316. The normalized spacial score (nSPS) is 16.7. The van der Waals surface area contributed by atoms with Crippen molar-refractivity contribution < 1.29 is 0 Å². The Hall–Kier alpha value is -0.890. The molecular formula is C12H18N2. The Balaban J connectivity index is 1.91. The van der Waals surface area contributed by atoms with E-state index >= 15 is 0 Å². The highest BCUT2D eigenvalue weighted by atomic mass is 14.9. The summed E-state index contributed by atoms with van der Waals surface area (Å²) in [6, 6.07) is 2.99. The van der Waals surface area contributed by atoms with E-state index in [1.807, 2.05) is 6.20 Å². The van der Waals surface area contributed by atoms with Crippen LogP contribution in [0.5, 0.6) is 0 Å². The predicted octanol–water partition coefficient (Wildman–Crippen LogP) is 2.34. The molecule has 0 radical (unpaired) electrons. The molecule has 1 fully saturated rings. The zero-order valence-corrected chi connectivity index (χ0v) is 9.01. The second kappa shape index (κ2) is 4.09. The van der Waals surface area contributed by atoms with Crippen molar-refractivity contribution in [2.75, 3.05) is 0 Å². The third-order valence-corrected chi connectivity index (χ3v) is 3.10. The molecule has 0 unspecified atom stereocenters. The minimum Gasteiger partial charge on any atom is -0.310 e. The Morgan fingerprint density at radius 1 is 1.43 bits per heavy atom. The van der Waals surface area contributed by atoms with Crippen molar-refractivity contribution in [3.05, 3.63) is 29.1 Å². The van der Waals surface area contributed by atoms with E-state index in [0.717, 1.165) is 18.3 Å². The van der Waals surface area contributed by atoms with Crippen LogP contribution in [-0.4, -0.2) is 11.0 Å². The molecule has 1 saturated carbocycles. The fourth-order valence-electron chi connectivity index (χ4n) is 1.67. The van der Waals surface area contributed by atoms with Gasteiger partial charge in [0, 0.05) is 24.5 Å². The van der Waals surface area contributed by atoms with Crippen molar-refractivity contribution in [1.29, 1.82) is 0 Å². The molecule has 0 bridgehead atoms. The van der Waals surface area contributed by atoms with E-state index < -0.39 is 0 Å². The fraction of sp³-hybridized carbons (Fsp3) is 0.583. The summed E-state index contributed by atoms with van der Waals surface area (Å²) < 4.78 is 0. The summed E-state index contributed by atoms with van der Waals surface area (Å²) in [6.45, 7) is 5.15. The zero-order valence-electron chi connectivity index (χ0n) is 9.01. The van der Waals surface area contributed by atoms with Crippen LogP contribution in [-0.2, 0) is 6.54 Å². The van der Waals surface area contributed by atoms with Crippen LogP contribution >= 0.6 is 0 Å². The lowest BCUT2D eigenvalue weighted by atomic mass is 9.93. The molecule has 1 aliphatic rings. The number of pyridine rings is 1. The van der Waals surface area contributed by atoms with E-state index in [9.17, 15) is 0 Å². The van der Waals surface area contributed by atoms with Gasteiger partial charge in [-0.25, -0.2) is 0 Å². The molecule has 1 aromatic heterocycles. The van der Waals surface area contributed by atoms with Gasteiger partial charge in [0.1, 0.15) is 0 Å². The van der Waals surface area contributed by atoms with Crippen molar-refractivity contribution in [3.8, 4) is 0 Å². The van der Waals surface area contributed by atoms with Gasteiger partial charge in [-0.3, -0.25) is 4.98 Å². The molecule has 1 aromatic rings. The number of aromatic nitrogens is 1. The molecule has 0 saturated heterocycles. The minimum absolute atomic E-state index is 0.761. The number of rotatable bonds is 3. The number of hydrogen-bond acceptors (Lipinski definition) is 2. The third kappa shape index (κ3) is 2.13. The molecule has 0 spiro atoms. The highest BCUT2D eigenvalue weighted by Gasteiger charge is 2.15. The lowest BCUT2D eigenvalue weighted by Gasteiger charge is -2.26. The van der Waals surface area contributed by atoms with E-state index in [4.69, 9.17) is 0 Å². The van der Waals surface area contributed by atoms with Crippen LogP contribution in [0.15, 0.2) is 12.3 Å². The maximum Gasteiger partial charge on any atom is 0.0402 e. The van der Waals surface area contributed by atoms with Gasteiger partial charge in [0.25, 0.3) is 0 Å². The summed E-state index contributed by atoms with van der Waals surface area (Å²) in [5, 5.41) is 3.54. The first-order chi connectivity index (χ1) is 6.75. The van der Waals surface area contributed by atoms with Gasteiger partial charge in [0.05, 0.1) is 0 Å². The Morgan fingerprint density at radius 3 is 2.79 bits per heavy atom. The molecule has 2 rings (SSSR count). The first-order valence-corrected chi connectivity index (χ1v) is 5.41. The highest BCUT2D eigenvalue weighted by molar-refractivity contribution is 5.22. The molecule has 1 N–H and O–H groups in total. The minimum atomic E-state index is 0.761. The topological polar surface area (TPSA) is 24.9 Å². The predicted molar refractivity (Wildman–Crippen MR) is 58.2 cm³/mol.